The Balaban J connectivity index is 1.49. The van der Waals surface area contributed by atoms with Crippen LogP contribution in [-0.4, -0.2) is 16.7 Å². The maximum atomic E-state index is 13.6. The number of hydrogen-bond acceptors (Lipinski definition) is 5. The van der Waals surface area contributed by atoms with Crippen molar-refractivity contribution in [3.63, 3.8) is 0 Å². The van der Waals surface area contributed by atoms with E-state index in [9.17, 15) is 9.59 Å². The van der Waals surface area contributed by atoms with Crippen LogP contribution in [0.15, 0.2) is 103 Å². The van der Waals surface area contributed by atoms with Crippen LogP contribution < -0.4 is 5.32 Å². The number of para-hydroxylation sites is 1. The summed E-state index contributed by atoms with van der Waals surface area (Å²) in [5.74, 6) is -0.407. The average Bonchev–Trinajstić information content (AvgIpc) is 2.96. The highest BCUT2D eigenvalue weighted by Crippen LogP contribution is 2.36. The number of benzene rings is 4. The summed E-state index contributed by atoms with van der Waals surface area (Å²) in [4.78, 5) is 29.5. The third kappa shape index (κ3) is 5.84. The molecule has 5 rings (SSSR count). The summed E-state index contributed by atoms with van der Waals surface area (Å²) in [6.45, 7) is 3.84. The number of ether oxygens (including phenoxy) is 1. The Labute approximate surface area is 232 Å². The van der Waals surface area contributed by atoms with E-state index in [0.29, 0.717) is 28.2 Å². The number of aromatic nitrogens is 1. The molecule has 0 saturated heterocycles. The van der Waals surface area contributed by atoms with Gasteiger partial charge in [0.05, 0.1) is 10.5 Å². The number of esters is 1. The van der Waals surface area contributed by atoms with E-state index in [4.69, 9.17) is 16.3 Å². The predicted molar refractivity (Wildman–Crippen MR) is 156 cm³/mol. The molecule has 39 heavy (non-hydrogen) atoms. The fraction of sp³-hybridized carbons (Fsp3) is 0.121. The Bertz CT molecular complexity index is 1670. The molecule has 0 aliphatic rings. The molecule has 0 spiro atoms. The lowest BCUT2D eigenvalue weighted by molar-refractivity contribution is -0.145. The van der Waals surface area contributed by atoms with Crippen LogP contribution in [0.3, 0.4) is 0 Å². The monoisotopic (exact) mass is 534 g/mol. The van der Waals surface area contributed by atoms with Crippen LogP contribution in [0.2, 0.25) is 5.02 Å². The van der Waals surface area contributed by atoms with E-state index in [-0.39, 0.29) is 17.9 Å². The van der Waals surface area contributed by atoms with Crippen molar-refractivity contribution in [1.82, 2.24) is 4.98 Å². The molecule has 5 aromatic rings. The number of pyridine rings is 1. The van der Waals surface area contributed by atoms with Crippen LogP contribution in [0.1, 0.15) is 47.0 Å². The van der Waals surface area contributed by atoms with E-state index in [1.54, 1.807) is 12.3 Å². The van der Waals surface area contributed by atoms with Gasteiger partial charge in [0, 0.05) is 47.4 Å². The topological polar surface area (TPSA) is 68.3 Å². The second kappa shape index (κ2) is 11.5. The summed E-state index contributed by atoms with van der Waals surface area (Å²) in [5, 5.41) is 4.83. The Morgan fingerprint density at radius 1 is 0.923 bits per heavy atom. The summed E-state index contributed by atoms with van der Waals surface area (Å²) in [7, 11) is 0. The molecule has 0 aliphatic carbocycles. The lowest BCUT2D eigenvalue weighted by atomic mass is 9.92. The second-order valence-electron chi connectivity index (χ2n) is 9.31. The van der Waals surface area contributed by atoms with Gasteiger partial charge in [-0.2, -0.15) is 0 Å². The summed E-state index contributed by atoms with van der Waals surface area (Å²) < 4.78 is 5.32. The quantitative estimate of drug-likeness (QED) is 0.161. The van der Waals surface area contributed by atoms with Crippen LogP contribution in [0.25, 0.3) is 22.0 Å². The van der Waals surface area contributed by atoms with Crippen LogP contribution in [0.5, 0.6) is 0 Å². The number of fused-ring (bicyclic) bond motifs is 1. The molecular formula is C33H27ClN2O3. The van der Waals surface area contributed by atoms with Crippen molar-refractivity contribution in [1.29, 1.82) is 0 Å². The largest absolute Gasteiger partial charge is 0.458 e. The number of ketones is 1. The molecule has 0 saturated carbocycles. The van der Waals surface area contributed by atoms with Crippen LogP contribution in [0.4, 0.5) is 5.69 Å². The number of halogens is 1. The fourth-order valence-electron chi connectivity index (χ4n) is 4.68. The van der Waals surface area contributed by atoms with Gasteiger partial charge in [0.15, 0.2) is 5.78 Å². The van der Waals surface area contributed by atoms with Gasteiger partial charge in [0.1, 0.15) is 6.10 Å². The number of anilines is 1. The number of nitrogens with zero attached hydrogens (tertiary/aromatic N) is 1. The van der Waals surface area contributed by atoms with Crippen molar-refractivity contribution in [2.24, 2.45) is 0 Å². The first-order chi connectivity index (χ1) is 18.9. The molecule has 1 N–H and O–H groups in total. The maximum absolute atomic E-state index is 13.6. The van der Waals surface area contributed by atoms with Crippen molar-refractivity contribution in [3.8, 4) is 11.1 Å². The van der Waals surface area contributed by atoms with E-state index >= 15 is 0 Å². The zero-order valence-corrected chi connectivity index (χ0v) is 22.4. The zero-order valence-electron chi connectivity index (χ0n) is 21.6. The number of rotatable bonds is 8. The first kappa shape index (κ1) is 26.1. The van der Waals surface area contributed by atoms with E-state index in [1.165, 1.54) is 6.92 Å². The molecule has 0 bridgehead atoms. The minimum Gasteiger partial charge on any atom is -0.458 e. The Morgan fingerprint density at radius 3 is 2.49 bits per heavy atom. The van der Waals surface area contributed by atoms with Gasteiger partial charge in [-0.05, 0) is 41.8 Å². The molecule has 6 heteroatoms. The minimum absolute atomic E-state index is 0.1000. The first-order valence-corrected chi connectivity index (χ1v) is 13.1. The maximum Gasteiger partial charge on any atom is 0.303 e. The number of carbonyl (C=O) groups excluding carboxylic acids is 2. The van der Waals surface area contributed by atoms with Gasteiger partial charge in [0.2, 0.25) is 0 Å². The summed E-state index contributed by atoms with van der Waals surface area (Å²) in [6.07, 6.45) is 1.30. The molecule has 0 radical (unpaired) electrons. The standard InChI is InChI=1S/C33H27ClN2O3/c1-21(39-22(2)37)25-12-6-9-23(17-25)19-35-27-14-7-13-26(18-27)31-28-15-8-16-30(34)32(28)36-20-29(31)33(38)24-10-4-3-5-11-24/h3-18,20-21,35H,19H2,1-2H3. The summed E-state index contributed by atoms with van der Waals surface area (Å²) >= 11 is 6.49. The highest BCUT2D eigenvalue weighted by Gasteiger charge is 2.19. The first-order valence-electron chi connectivity index (χ1n) is 12.7. The van der Waals surface area contributed by atoms with Crippen LogP contribution >= 0.6 is 11.6 Å². The van der Waals surface area contributed by atoms with Gasteiger partial charge in [0.25, 0.3) is 0 Å². The van der Waals surface area contributed by atoms with Gasteiger partial charge in [-0.25, -0.2) is 0 Å². The van der Waals surface area contributed by atoms with Crippen molar-refractivity contribution >= 4 is 39.9 Å². The zero-order chi connectivity index (χ0) is 27.4. The van der Waals surface area contributed by atoms with Crippen molar-refractivity contribution in [2.75, 3.05) is 5.32 Å². The normalized spacial score (nSPS) is 11.7. The molecule has 5 nitrogen and oxygen atoms in total. The molecule has 0 amide bonds. The Hall–Kier alpha value is -4.48. The molecule has 1 atom stereocenters. The van der Waals surface area contributed by atoms with Gasteiger partial charge in [-0.1, -0.05) is 90.5 Å². The van der Waals surface area contributed by atoms with E-state index in [2.05, 4.69) is 10.3 Å². The third-order valence-electron chi connectivity index (χ3n) is 6.54. The smallest absolute Gasteiger partial charge is 0.303 e. The van der Waals surface area contributed by atoms with E-state index < -0.39 is 0 Å². The van der Waals surface area contributed by atoms with Crippen LogP contribution in [0, 0.1) is 0 Å². The summed E-state index contributed by atoms with van der Waals surface area (Å²) in [6, 6.07) is 30.8. The highest BCUT2D eigenvalue weighted by molar-refractivity contribution is 6.35. The minimum atomic E-state index is -0.321. The third-order valence-corrected chi connectivity index (χ3v) is 6.84. The van der Waals surface area contributed by atoms with Gasteiger partial charge in [-0.15, -0.1) is 0 Å². The molecule has 0 fully saturated rings. The highest BCUT2D eigenvalue weighted by atomic mass is 35.5. The molecule has 0 aliphatic heterocycles. The number of carbonyl (C=O) groups is 2. The molecule has 4 aromatic carbocycles. The fourth-order valence-corrected chi connectivity index (χ4v) is 4.90. The van der Waals surface area contributed by atoms with Crippen molar-refractivity contribution < 1.29 is 14.3 Å². The SMILES string of the molecule is CC(=O)OC(C)c1cccc(CNc2cccc(-c3c(C(=O)c4ccccc4)cnc4c(Cl)cccc34)c2)c1. The lowest BCUT2D eigenvalue weighted by Crippen LogP contribution is -2.06. The Morgan fingerprint density at radius 2 is 1.69 bits per heavy atom. The lowest BCUT2D eigenvalue weighted by Gasteiger charge is -2.16. The average molecular weight is 535 g/mol. The predicted octanol–water partition coefficient (Wildman–Crippen LogP) is 8.02. The van der Waals surface area contributed by atoms with E-state index in [1.807, 2.05) is 97.9 Å². The van der Waals surface area contributed by atoms with E-state index in [0.717, 1.165) is 33.3 Å². The molecular weight excluding hydrogens is 508 g/mol. The van der Waals surface area contributed by atoms with Gasteiger partial charge >= 0.3 is 5.97 Å². The Kier molecular flexibility index (Phi) is 7.71. The molecule has 1 aromatic heterocycles. The number of hydrogen-bond donors (Lipinski definition) is 1. The molecule has 1 unspecified atom stereocenters. The van der Waals surface area contributed by atoms with Crippen molar-refractivity contribution in [2.45, 2.75) is 26.5 Å². The van der Waals surface area contributed by atoms with Crippen molar-refractivity contribution in [3.05, 3.63) is 131 Å². The van der Waals surface area contributed by atoms with Gasteiger partial charge in [-0.3, -0.25) is 14.6 Å². The summed E-state index contributed by atoms with van der Waals surface area (Å²) in [5.41, 5.74) is 6.31. The number of nitrogens with one attached hydrogen (secondary N) is 1. The van der Waals surface area contributed by atoms with Gasteiger partial charge < -0.3 is 10.1 Å². The second-order valence-corrected chi connectivity index (χ2v) is 9.72. The van der Waals surface area contributed by atoms with Crippen LogP contribution in [-0.2, 0) is 16.1 Å². The molecule has 194 valence electrons. The molecule has 1 heterocycles.